The average molecular weight is 127 g/mol. The second-order valence-electron chi connectivity index (χ2n) is 1.17. The van der Waals surface area contributed by atoms with E-state index < -0.39 is 6.79 Å². The minimum absolute atomic E-state index is 0.750. The molecule has 1 rings (SSSR count). The monoisotopic (exact) mass is 127 g/mol. The van der Waals surface area contributed by atoms with Crippen molar-refractivity contribution in [2.75, 3.05) is 6.79 Å². The van der Waals surface area contributed by atoms with Gasteiger partial charge < -0.3 is 10.2 Å². The molecule has 0 fully saturated rings. The summed E-state index contributed by atoms with van der Waals surface area (Å²) < 4.78 is 0. The van der Waals surface area contributed by atoms with Gasteiger partial charge in [0.1, 0.15) is 6.79 Å². The van der Waals surface area contributed by atoms with E-state index in [-0.39, 0.29) is 0 Å². The van der Waals surface area contributed by atoms with Crippen LogP contribution in [0.15, 0.2) is 30.6 Å². The van der Waals surface area contributed by atoms with E-state index in [0.29, 0.717) is 0 Å². The number of aromatic nitrogens is 1. The molecule has 9 heavy (non-hydrogen) atoms. The number of aliphatic hydroxyl groups is 2. The highest BCUT2D eigenvalue weighted by Crippen LogP contribution is 1.73. The summed E-state index contributed by atoms with van der Waals surface area (Å²) in [5, 5.41) is 14.2. The van der Waals surface area contributed by atoms with E-state index in [1.165, 1.54) is 0 Å². The Morgan fingerprint density at radius 3 is 1.56 bits per heavy atom. The van der Waals surface area contributed by atoms with Crippen molar-refractivity contribution in [2.24, 2.45) is 0 Å². The van der Waals surface area contributed by atoms with Crippen molar-refractivity contribution in [3.05, 3.63) is 30.6 Å². The molecule has 0 radical (unpaired) electrons. The molecule has 3 nitrogen and oxygen atoms in total. The maximum atomic E-state index is 7.12. The predicted octanol–water partition coefficient (Wildman–Crippen LogP) is 0.0101. The van der Waals surface area contributed by atoms with Crippen LogP contribution in [0.3, 0.4) is 0 Å². The third-order valence-corrected chi connectivity index (χ3v) is 0.566. The molecule has 0 amide bonds. The number of hydrogen-bond acceptors (Lipinski definition) is 3. The molecule has 0 aliphatic heterocycles. The molecule has 0 saturated carbocycles. The Balaban J connectivity index is 0.000000187. The molecular formula is C6H9NO2. The molecule has 0 unspecified atom stereocenters. The van der Waals surface area contributed by atoms with Crippen LogP contribution in [0.1, 0.15) is 0 Å². The second-order valence-corrected chi connectivity index (χ2v) is 1.17. The van der Waals surface area contributed by atoms with Gasteiger partial charge in [-0.25, -0.2) is 0 Å². The zero-order chi connectivity index (χ0) is 6.95. The Hall–Kier alpha value is -0.930. The molecule has 1 aromatic rings. The molecule has 2 N–H and O–H groups in total. The van der Waals surface area contributed by atoms with Gasteiger partial charge >= 0.3 is 0 Å². The summed E-state index contributed by atoms with van der Waals surface area (Å²) in [6.45, 7) is -0.750. The molecule has 0 aliphatic carbocycles. The Bertz CT molecular complexity index is 93.9. The fourth-order valence-electron chi connectivity index (χ4n) is 0.313. The Labute approximate surface area is 53.6 Å². The van der Waals surface area contributed by atoms with Crippen LogP contribution in [-0.2, 0) is 0 Å². The van der Waals surface area contributed by atoms with Crippen molar-refractivity contribution in [3.63, 3.8) is 0 Å². The molecule has 0 bridgehead atoms. The zero-order valence-electron chi connectivity index (χ0n) is 4.94. The van der Waals surface area contributed by atoms with Gasteiger partial charge in [-0.05, 0) is 12.1 Å². The quantitative estimate of drug-likeness (QED) is 0.483. The highest BCUT2D eigenvalue weighted by atomic mass is 16.5. The van der Waals surface area contributed by atoms with Crippen LogP contribution in [-0.4, -0.2) is 22.0 Å². The van der Waals surface area contributed by atoms with Crippen LogP contribution in [0.4, 0.5) is 0 Å². The lowest BCUT2D eigenvalue weighted by atomic mass is 10.5. The molecular weight excluding hydrogens is 118 g/mol. The average Bonchev–Trinajstić information content (AvgIpc) is 1.93. The summed E-state index contributed by atoms with van der Waals surface area (Å²) in [6.07, 6.45) is 3.50. The summed E-state index contributed by atoms with van der Waals surface area (Å²) in [5.74, 6) is 0. The molecule has 0 aliphatic rings. The second kappa shape index (κ2) is 7.07. The van der Waals surface area contributed by atoms with E-state index in [9.17, 15) is 0 Å². The van der Waals surface area contributed by atoms with Crippen LogP contribution < -0.4 is 0 Å². The van der Waals surface area contributed by atoms with Gasteiger partial charge in [-0.3, -0.25) is 4.98 Å². The van der Waals surface area contributed by atoms with Gasteiger partial charge in [0.05, 0.1) is 0 Å². The van der Waals surface area contributed by atoms with Crippen LogP contribution in [0, 0.1) is 0 Å². The largest absolute Gasteiger partial charge is 0.371 e. The normalized spacial score (nSPS) is 7.33. The Kier molecular flexibility index (Phi) is 6.34. The van der Waals surface area contributed by atoms with Gasteiger partial charge in [0.25, 0.3) is 0 Å². The summed E-state index contributed by atoms with van der Waals surface area (Å²) in [4.78, 5) is 3.78. The Morgan fingerprint density at radius 2 is 1.44 bits per heavy atom. The van der Waals surface area contributed by atoms with Crippen LogP contribution in [0.25, 0.3) is 0 Å². The van der Waals surface area contributed by atoms with Gasteiger partial charge in [-0.2, -0.15) is 0 Å². The maximum Gasteiger partial charge on any atom is 0.140 e. The van der Waals surface area contributed by atoms with E-state index in [2.05, 4.69) is 4.98 Å². The minimum Gasteiger partial charge on any atom is -0.371 e. The number of rotatable bonds is 0. The molecule has 0 saturated heterocycles. The first kappa shape index (κ1) is 8.07. The molecule has 3 heteroatoms. The molecule has 50 valence electrons. The fourth-order valence-corrected chi connectivity index (χ4v) is 0.313. The van der Waals surface area contributed by atoms with Gasteiger partial charge in [0.2, 0.25) is 0 Å². The summed E-state index contributed by atoms with van der Waals surface area (Å²) in [6, 6.07) is 5.72. The van der Waals surface area contributed by atoms with Crippen molar-refractivity contribution >= 4 is 0 Å². The number of aliphatic hydroxyl groups excluding tert-OH is 1. The first-order chi connectivity index (χ1) is 4.41. The zero-order valence-corrected chi connectivity index (χ0v) is 4.94. The van der Waals surface area contributed by atoms with E-state index in [1.54, 1.807) is 12.4 Å². The third kappa shape index (κ3) is 7.07. The molecule has 1 aromatic heterocycles. The van der Waals surface area contributed by atoms with Gasteiger partial charge in [-0.1, -0.05) is 6.07 Å². The summed E-state index contributed by atoms with van der Waals surface area (Å²) in [7, 11) is 0. The van der Waals surface area contributed by atoms with Gasteiger partial charge in [0, 0.05) is 12.4 Å². The summed E-state index contributed by atoms with van der Waals surface area (Å²) in [5.41, 5.74) is 0. The highest BCUT2D eigenvalue weighted by molar-refractivity contribution is 4.88. The first-order valence-electron chi connectivity index (χ1n) is 2.48. The van der Waals surface area contributed by atoms with Crippen LogP contribution in [0.5, 0.6) is 0 Å². The summed E-state index contributed by atoms with van der Waals surface area (Å²) >= 11 is 0. The van der Waals surface area contributed by atoms with Gasteiger partial charge in [0.15, 0.2) is 0 Å². The minimum atomic E-state index is -0.750. The van der Waals surface area contributed by atoms with Gasteiger partial charge in [-0.15, -0.1) is 0 Å². The lowest BCUT2D eigenvalue weighted by Crippen LogP contribution is -1.66. The third-order valence-electron chi connectivity index (χ3n) is 0.566. The standard InChI is InChI=1S/C5H5N.CH4O2/c1-2-4-6-5-3-1;2-1-3/h1-5H;2-3H,1H2. The van der Waals surface area contributed by atoms with Crippen LogP contribution >= 0.6 is 0 Å². The van der Waals surface area contributed by atoms with E-state index in [4.69, 9.17) is 10.2 Å². The molecule has 1 heterocycles. The molecule has 0 aromatic carbocycles. The number of hydrogen-bond donors (Lipinski definition) is 2. The van der Waals surface area contributed by atoms with E-state index in [1.807, 2.05) is 18.2 Å². The predicted molar refractivity (Wildman–Crippen MR) is 33.5 cm³/mol. The van der Waals surface area contributed by atoms with Crippen molar-refractivity contribution in [3.8, 4) is 0 Å². The van der Waals surface area contributed by atoms with E-state index in [0.717, 1.165) is 0 Å². The van der Waals surface area contributed by atoms with Crippen molar-refractivity contribution in [2.45, 2.75) is 0 Å². The lowest BCUT2D eigenvalue weighted by Gasteiger charge is -1.70. The highest BCUT2D eigenvalue weighted by Gasteiger charge is 1.58. The van der Waals surface area contributed by atoms with Crippen molar-refractivity contribution < 1.29 is 10.2 Å². The van der Waals surface area contributed by atoms with E-state index >= 15 is 0 Å². The van der Waals surface area contributed by atoms with Crippen LogP contribution in [0.2, 0.25) is 0 Å². The maximum absolute atomic E-state index is 7.12. The first-order valence-corrected chi connectivity index (χ1v) is 2.48. The topological polar surface area (TPSA) is 53.4 Å². The molecule has 0 atom stereocenters. The SMILES string of the molecule is OCO.c1ccncc1. The Morgan fingerprint density at radius 1 is 1.00 bits per heavy atom. The fraction of sp³-hybridized carbons (Fsp3) is 0.167. The van der Waals surface area contributed by atoms with Crippen molar-refractivity contribution in [1.29, 1.82) is 0 Å². The lowest BCUT2D eigenvalue weighted by molar-refractivity contribution is 0.0773. The van der Waals surface area contributed by atoms with Crippen molar-refractivity contribution in [1.82, 2.24) is 4.98 Å². The molecule has 0 spiro atoms. The number of pyridine rings is 1. The number of nitrogens with zero attached hydrogens (tertiary/aromatic N) is 1. The smallest absolute Gasteiger partial charge is 0.140 e.